The number of amides is 1. The first kappa shape index (κ1) is 17.6. The van der Waals surface area contributed by atoms with Crippen LogP contribution >= 0.6 is 11.3 Å². The van der Waals surface area contributed by atoms with E-state index in [4.69, 9.17) is 0 Å². The number of rotatable bonds is 3. The second kappa shape index (κ2) is 6.93. The predicted octanol–water partition coefficient (Wildman–Crippen LogP) is 4.59. The van der Waals surface area contributed by atoms with E-state index in [1.165, 1.54) is 12.3 Å². The monoisotopic (exact) mass is 376 g/mol. The molecule has 1 N–H and O–H groups in total. The van der Waals surface area contributed by atoms with Gasteiger partial charge in [-0.2, -0.15) is 18.4 Å². The molecular weight excluding hydrogens is 365 g/mol. The van der Waals surface area contributed by atoms with Gasteiger partial charge in [-0.3, -0.25) is 15.1 Å². The Labute approximate surface area is 151 Å². The van der Waals surface area contributed by atoms with Gasteiger partial charge in [0.25, 0.3) is 5.91 Å². The highest BCUT2D eigenvalue weighted by Gasteiger charge is 2.31. The van der Waals surface area contributed by atoms with Gasteiger partial charge in [0.2, 0.25) is 0 Å². The number of pyridine rings is 1. The molecule has 9 heteroatoms. The van der Waals surface area contributed by atoms with E-state index < -0.39 is 17.6 Å². The largest absolute Gasteiger partial charge is 0.416 e. The summed E-state index contributed by atoms with van der Waals surface area (Å²) in [6.07, 6.45) is -3.01. The Balaban J connectivity index is 0.00000261. The molecule has 0 fully saturated rings. The lowest BCUT2D eigenvalue weighted by molar-refractivity contribution is -0.137. The molecule has 2 heterocycles. The fraction of sp³-hybridized carbons (Fsp3) is 0.0588. The van der Waals surface area contributed by atoms with Crippen molar-refractivity contribution in [1.82, 2.24) is 9.97 Å². The van der Waals surface area contributed by atoms with Crippen LogP contribution < -0.4 is 5.32 Å². The topological polar surface area (TPSA) is 78.7 Å². The van der Waals surface area contributed by atoms with Crippen molar-refractivity contribution in [3.05, 3.63) is 64.7 Å². The molecule has 0 aliphatic carbocycles. The molecule has 26 heavy (non-hydrogen) atoms. The Morgan fingerprint density at radius 2 is 2.04 bits per heavy atom. The molecule has 3 rings (SSSR count). The minimum atomic E-state index is -4.54. The van der Waals surface area contributed by atoms with E-state index >= 15 is 0 Å². The van der Waals surface area contributed by atoms with Crippen LogP contribution in [0.15, 0.2) is 48.7 Å². The molecule has 132 valence electrons. The number of thiazole rings is 1. The third kappa shape index (κ3) is 3.70. The second-order valence-corrected chi connectivity index (χ2v) is 6.06. The van der Waals surface area contributed by atoms with Crippen LogP contribution in [-0.2, 0) is 6.18 Å². The Kier molecular flexibility index (Phi) is 4.69. The SMILES string of the molecule is N#Cc1sc(NC(=O)c2cccc(C(F)(F)F)c2)nc1-c1ccccn1.[HH]. The molecular formula is C17H11F3N4OS. The average Bonchev–Trinajstić information content (AvgIpc) is 3.04. The number of nitrogens with one attached hydrogen (secondary N) is 1. The maximum atomic E-state index is 12.8. The molecule has 0 unspecified atom stereocenters. The van der Waals surface area contributed by atoms with Crippen LogP contribution in [0.25, 0.3) is 11.4 Å². The molecule has 3 aromatic rings. The predicted molar refractivity (Wildman–Crippen MR) is 91.6 cm³/mol. The van der Waals surface area contributed by atoms with Crippen LogP contribution in [0.1, 0.15) is 22.2 Å². The number of aromatic nitrogens is 2. The summed E-state index contributed by atoms with van der Waals surface area (Å²) in [6, 6.07) is 11.1. The van der Waals surface area contributed by atoms with Crippen LogP contribution in [0, 0.1) is 11.3 Å². The van der Waals surface area contributed by atoms with Gasteiger partial charge in [0.1, 0.15) is 16.6 Å². The van der Waals surface area contributed by atoms with Crippen LogP contribution in [0.5, 0.6) is 0 Å². The number of anilines is 1. The van der Waals surface area contributed by atoms with E-state index in [1.54, 1.807) is 18.2 Å². The zero-order valence-corrected chi connectivity index (χ0v) is 13.7. The van der Waals surface area contributed by atoms with Gasteiger partial charge in [-0.1, -0.05) is 23.5 Å². The van der Waals surface area contributed by atoms with Crippen molar-refractivity contribution >= 4 is 22.4 Å². The molecule has 0 aliphatic heterocycles. The molecule has 2 aromatic heterocycles. The minimum Gasteiger partial charge on any atom is -0.298 e. The lowest BCUT2D eigenvalue weighted by Crippen LogP contribution is -2.13. The first-order valence-corrected chi connectivity index (χ1v) is 8.01. The van der Waals surface area contributed by atoms with Crippen molar-refractivity contribution < 1.29 is 19.4 Å². The molecule has 0 bridgehead atoms. The molecule has 0 spiro atoms. The van der Waals surface area contributed by atoms with E-state index in [1.807, 2.05) is 6.07 Å². The Bertz CT molecular complexity index is 999. The molecule has 0 aliphatic rings. The summed E-state index contributed by atoms with van der Waals surface area (Å²) in [5.74, 6) is -0.748. The number of hydrogen-bond donors (Lipinski definition) is 1. The molecule has 0 saturated carbocycles. The quantitative estimate of drug-likeness (QED) is 0.725. The van der Waals surface area contributed by atoms with Crippen LogP contribution in [-0.4, -0.2) is 15.9 Å². The summed E-state index contributed by atoms with van der Waals surface area (Å²) in [7, 11) is 0. The van der Waals surface area contributed by atoms with E-state index in [0.29, 0.717) is 11.4 Å². The first-order valence-electron chi connectivity index (χ1n) is 7.19. The summed E-state index contributed by atoms with van der Waals surface area (Å²) in [5.41, 5.74) is -0.318. The van der Waals surface area contributed by atoms with Gasteiger partial charge in [-0.05, 0) is 30.3 Å². The van der Waals surface area contributed by atoms with E-state index in [9.17, 15) is 23.2 Å². The van der Waals surface area contributed by atoms with Crippen molar-refractivity contribution in [3.8, 4) is 17.5 Å². The molecule has 1 amide bonds. The maximum absolute atomic E-state index is 12.8. The third-order valence-electron chi connectivity index (χ3n) is 3.31. The van der Waals surface area contributed by atoms with Gasteiger partial charge in [0.05, 0.1) is 11.3 Å². The molecule has 0 atom stereocenters. The number of alkyl halides is 3. The Hall–Kier alpha value is -3.25. The summed E-state index contributed by atoms with van der Waals surface area (Å²) >= 11 is 0.921. The highest BCUT2D eigenvalue weighted by Crippen LogP contribution is 2.31. The molecule has 1 aromatic carbocycles. The number of nitriles is 1. The fourth-order valence-corrected chi connectivity index (χ4v) is 2.90. The molecule has 5 nitrogen and oxygen atoms in total. The summed E-state index contributed by atoms with van der Waals surface area (Å²) in [6.45, 7) is 0. The Morgan fingerprint density at radius 3 is 2.69 bits per heavy atom. The normalized spacial score (nSPS) is 11.0. The smallest absolute Gasteiger partial charge is 0.298 e. The van der Waals surface area contributed by atoms with Gasteiger partial charge >= 0.3 is 6.18 Å². The van der Waals surface area contributed by atoms with Crippen LogP contribution in [0.2, 0.25) is 0 Å². The standard InChI is InChI=1S/C17H9F3N4OS.H2/c18-17(19,20)11-5-3-4-10(8-11)15(25)24-16-23-14(13(9-21)26-16)12-6-1-2-7-22-12;/h1-8H,(H,23,24,25);1H. The van der Waals surface area contributed by atoms with Crippen LogP contribution in [0.4, 0.5) is 18.3 Å². The van der Waals surface area contributed by atoms with E-state index in [-0.39, 0.29) is 17.0 Å². The molecule has 0 saturated heterocycles. The lowest BCUT2D eigenvalue weighted by atomic mass is 10.1. The second-order valence-electron chi connectivity index (χ2n) is 5.06. The minimum absolute atomic E-state index is 0. The van der Waals surface area contributed by atoms with Crippen molar-refractivity contribution in [2.75, 3.05) is 5.32 Å². The van der Waals surface area contributed by atoms with Gasteiger partial charge in [0, 0.05) is 13.2 Å². The highest BCUT2D eigenvalue weighted by molar-refractivity contribution is 7.16. The number of nitrogens with zero attached hydrogens (tertiary/aromatic N) is 3. The summed E-state index contributed by atoms with van der Waals surface area (Å²) < 4.78 is 38.3. The van der Waals surface area contributed by atoms with E-state index in [0.717, 1.165) is 29.5 Å². The number of halogens is 3. The van der Waals surface area contributed by atoms with Crippen LogP contribution in [0.3, 0.4) is 0 Å². The van der Waals surface area contributed by atoms with Gasteiger partial charge < -0.3 is 0 Å². The van der Waals surface area contributed by atoms with Gasteiger partial charge in [-0.15, -0.1) is 0 Å². The lowest BCUT2D eigenvalue weighted by Gasteiger charge is -2.08. The van der Waals surface area contributed by atoms with E-state index in [2.05, 4.69) is 15.3 Å². The number of carbonyl (C=O) groups is 1. The van der Waals surface area contributed by atoms with Crippen molar-refractivity contribution in [1.29, 1.82) is 5.26 Å². The zero-order chi connectivity index (χ0) is 18.7. The first-order chi connectivity index (χ1) is 12.4. The zero-order valence-electron chi connectivity index (χ0n) is 12.9. The molecule has 0 radical (unpaired) electrons. The third-order valence-corrected chi connectivity index (χ3v) is 4.18. The average molecular weight is 376 g/mol. The Morgan fingerprint density at radius 1 is 1.23 bits per heavy atom. The van der Waals surface area contributed by atoms with Gasteiger partial charge in [0.15, 0.2) is 5.13 Å². The summed E-state index contributed by atoms with van der Waals surface area (Å²) in [4.78, 5) is 20.7. The number of hydrogen-bond acceptors (Lipinski definition) is 5. The highest BCUT2D eigenvalue weighted by atomic mass is 32.1. The van der Waals surface area contributed by atoms with Crippen molar-refractivity contribution in [2.24, 2.45) is 0 Å². The van der Waals surface area contributed by atoms with Crippen molar-refractivity contribution in [3.63, 3.8) is 0 Å². The fourth-order valence-electron chi connectivity index (χ4n) is 2.13. The number of carbonyl (C=O) groups excluding carboxylic acids is 1. The van der Waals surface area contributed by atoms with Gasteiger partial charge in [-0.25, -0.2) is 4.98 Å². The maximum Gasteiger partial charge on any atom is 0.416 e. The van der Waals surface area contributed by atoms with Crippen molar-refractivity contribution in [2.45, 2.75) is 6.18 Å². The summed E-state index contributed by atoms with van der Waals surface area (Å²) in [5, 5.41) is 11.8. The number of benzene rings is 1.